The summed E-state index contributed by atoms with van der Waals surface area (Å²) in [5.74, 6) is 0.441. The Morgan fingerprint density at radius 3 is 2.83 bits per heavy atom. The molecule has 1 aliphatic heterocycles. The minimum absolute atomic E-state index is 0.124. The molecular weight excluding hydrogens is 310 g/mol. The van der Waals surface area contributed by atoms with Crippen LogP contribution in [0.2, 0.25) is 0 Å². The molecule has 1 spiro atoms. The van der Waals surface area contributed by atoms with E-state index in [0.29, 0.717) is 12.2 Å². The van der Waals surface area contributed by atoms with Gasteiger partial charge in [0.15, 0.2) is 0 Å². The Kier molecular flexibility index (Phi) is 4.59. The van der Waals surface area contributed by atoms with Crippen molar-refractivity contribution < 1.29 is 18.8 Å². The molecule has 0 bridgehead atoms. The van der Waals surface area contributed by atoms with Crippen LogP contribution in [0.1, 0.15) is 57.3 Å². The second-order valence-corrected chi connectivity index (χ2v) is 6.58. The summed E-state index contributed by atoms with van der Waals surface area (Å²) in [7, 11) is 0. The number of carbonyl (C=O) groups excluding carboxylic acids is 3. The summed E-state index contributed by atoms with van der Waals surface area (Å²) >= 11 is 0. The van der Waals surface area contributed by atoms with Gasteiger partial charge in [0, 0.05) is 13.0 Å². The van der Waals surface area contributed by atoms with Gasteiger partial charge in [-0.25, -0.2) is 4.79 Å². The van der Waals surface area contributed by atoms with Crippen LogP contribution < -0.4 is 10.6 Å². The quantitative estimate of drug-likeness (QED) is 0.780. The zero-order valence-electron chi connectivity index (χ0n) is 13.8. The SMILES string of the molecule is C[C@@H](NC(=O)CCCN1C(=O)NC2(CCCC2)C1=O)c1ccco1. The van der Waals surface area contributed by atoms with Crippen molar-refractivity contribution in [3.8, 4) is 0 Å². The average molecular weight is 333 g/mol. The monoisotopic (exact) mass is 333 g/mol. The van der Waals surface area contributed by atoms with Gasteiger partial charge in [-0.05, 0) is 38.3 Å². The number of furan rings is 1. The van der Waals surface area contributed by atoms with Crippen molar-refractivity contribution in [2.24, 2.45) is 0 Å². The Morgan fingerprint density at radius 2 is 2.17 bits per heavy atom. The molecule has 130 valence electrons. The van der Waals surface area contributed by atoms with Gasteiger partial charge in [-0.15, -0.1) is 0 Å². The molecule has 7 heteroatoms. The fourth-order valence-electron chi connectivity index (χ4n) is 3.52. The van der Waals surface area contributed by atoms with E-state index in [1.807, 2.05) is 6.92 Å². The maximum atomic E-state index is 12.5. The molecule has 1 saturated heterocycles. The Hall–Kier alpha value is -2.31. The predicted molar refractivity (Wildman–Crippen MR) is 85.9 cm³/mol. The summed E-state index contributed by atoms with van der Waals surface area (Å²) in [6.07, 6.45) is 5.64. The van der Waals surface area contributed by atoms with Gasteiger partial charge in [0.05, 0.1) is 12.3 Å². The number of urea groups is 1. The van der Waals surface area contributed by atoms with Crippen LogP contribution in [0.15, 0.2) is 22.8 Å². The molecule has 2 fully saturated rings. The van der Waals surface area contributed by atoms with Crippen molar-refractivity contribution in [3.63, 3.8) is 0 Å². The number of hydrogen-bond acceptors (Lipinski definition) is 4. The molecule has 1 atom stereocenters. The number of rotatable bonds is 6. The maximum absolute atomic E-state index is 12.5. The standard InChI is InChI=1S/C17H23N3O4/c1-12(13-6-5-11-24-13)18-14(21)7-4-10-20-15(22)17(19-16(20)23)8-2-3-9-17/h5-6,11-12H,2-4,7-10H2,1H3,(H,18,21)(H,19,23)/t12-/m1/s1. The molecule has 0 radical (unpaired) electrons. The van der Waals surface area contributed by atoms with Crippen molar-refractivity contribution >= 4 is 17.8 Å². The zero-order chi connectivity index (χ0) is 17.2. The summed E-state index contributed by atoms with van der Waals surface area (Å²) in [6.45, 7) is 2.12. The molecule has 2 heterocycles. The third kappa shape index (κ3) is 3.16. The van der Waals surface area contributed by atoms with Crippen LogP contribution in [0, 0.1) is 0 Å². The van der Waals surface area contributed by atoms with E-state index in [1.54, 1.807) is 18.4 Å². The fraction of sp³-hybridized carbons (Fsp3) is 0.588. The van der Waals surface area contributed by atoms with Crippen LogP contribution in [0.5, 0.6) is 0 Å². The molecule has 0 aromatic carbocycles. The predicted octanol–water partition coefficient (Wildman–Crippen LogP) is 2.10. The molecule has 7 nitrogen and oxygen atoms in total. The van der Waals surface area contributed by atoms with Crippen LogP contribution in [-0.2, 0) is 9.59 Å². The molecule has 1 saturated carbocycles. The van der Waals surface area contributed by atoms with E-state index in [4.69, 9.17) is 4.42 Å². The zero-order valence-corrected chi connectivity index (χ0v) is 13.8. The van der Waals surface area contributed by atoms with Gasteiger partial charge >= 0.3 is 6.03 Å². The van der Waals surface area contributed by atoms with E-state index in [0.717, 1.165) is 25.7 Å². The lowest BCUT2D eigenvalue weighted by Gasteiger charge is -2.20. The molecule has 2 N–H and O–H groups in total. The summed E-state index contributed by atoms with van der Waals surface area (Å²) < 4.78 is 5.24. The smallest absolute Gasteiger partial charge is 0.325 e. The summed E-state index contributed by atoms with van der Waals surface area (Å²) in [5, 5.41) is 5.68. The van der Waals surface area contributed by atoms with E-state index < -0.39 is 5.54 Å². The van der Waals surface area contributed by atoms with Crippen molar-refractivity contribution in [1.29, 1.82) is 0 Å². The molecular formula is C17H23N3O4. The van der Waals surface area contributed by atoms with Crippen molar-refractivity contribution in [2.75, 3.05) is 6.54 Å². The highest BCUT2D eigenvalue weighted by atomic mass is 16.3. The first-order chi connectivity index (χ1) is 11.5. The number of amides is 4. The Labute approximate surface area is 140 Å². The van der Waals surface area contributed by atoms with Crippen LogP contribution in [-0.4, -0.2) is 34.8 Å². The Bertz CT molecular complexity index is 620. The highest BCUT2D eigenvalue weighted by Gasteiger charge is 2.51. The second-order valence-electron chi connectivity index (χ2n) is 6.58. The molecule has 3 rings (SSSR count). The largest absolute Gasteiger partial charge is 0.467 e. The van der Waals surface area contributed by atoms with Gasteiger partial charge in [-0.3, -0.25) is 14.5 Å². The van der Waals surface area contributed by atoms with E-state index in [-0.39, 0.29) is 36.9 Å². The third-order valence-corrected chi connectivity index (χ3v) is 4.84. The second kappa shape index (κ2) is 6.67. The van der Waals surface area contributed by atoms with Gasteiger partial charge in [-0.1, -0.05) is 12.8 Å². The van der Waals surface area contributed by atoms with Gasteiger partial charge in [0.2, 0.25) is 5.91 Å². The Morgan fingerprint density at radius 1 is 1.42 bits per heavy atom. The third-order valence-electron chi connectivity index (χ3n) is 4.84. The van der Waals surface area contributed by atoms with Gasteiger partial charge in [-0.2, -0.15) is 0 Å². The number of nitrogens with one attached hydrogen (secondary N) is 2. The van der Waals surface area contributed by atoms with E-state index >= 15 is 0 Å². The van der Waals surface area contributed by atoms with E-state index in [2.05, 4.69) is 10.6 Å². The minimum Gasteiger partial charge on any atom is -0.467 e. The first-order valence-corrected chi connectivity index (χ1v) is 8.49. The molecule has 24 heavy (non-hydrogen) atoms. The van der Waals surface area contributed by atoms with Crippen molar-refractivity contribution in [3.05, 3.63) is 24.2 Å². The first-order valence-electron chi connectivity index (χ1n) is 8.49. The van der Waals surface area contributed by atoms with Gasteiger partial charge < -0.3 is 15.1 Å². The Balaban J connectivity index is 1.45. The first kappa shape index (κ1) is 16.5. The van der Waals surface area contributed by atoms with Crippen LogP contribution in [0.4, 0.5) is 4.79 Å². The molecule has 1 aromatic heterocycles. The lowest BCUT2D eigenvalue weighted by atomic mass is 9.98. The van der Waals surface area contributed by atoms with E-state index in [9.17, 15) is 14.4 Å². The van der Waals surface area contributed by atoms with Crippen LogP contribution in [0.25, 0.3) is 0 Å². The van der Waals surface area contributed by atoms with E-state index in [1.165, 1.54) is 4.90 Å². The minimum atomic E-state index is -0.673. The summed E-state index contributed by atoms with van der Waals surface area (Å²) in [4.78, 5) is 37.8. The molecule has 4 amide bonds. The lowest BCUT2D eigenvalue weighted by Crippen LogP contribution is -2.44. The average Bonchev–Trinajstić information content (AvgIpc) is 3.26. The topological polar surface area (TPSA) is 91.7 Å². The van der Waals surface area contributed by atoms with Crippen LogP contribution in [0.3, 0.4) is 0 Å². The fourth-order valence-corrected chi connectivity index (χ4v) is 3.52. The van der Waals surface area contributed by atoms with Crippen molar-refractivity contribution in [1.82, 2.24) is 15.5 Å². The summed E-state index contributed by atoms with van der Waals surface area (Å²) in [5.41, 5.74) is -0.673. The van der Waals surface area contributed by atoms with Gasteiger partial charge in [0.25, 0.3) is 5.91 Å². The molecule has 1 aromatic rings. The lowest BCUT2D eigenvalue weighted by molar-refractivity contribution is -0.131. The molecule has 0 unspecified atom stereocenters. The number of imide groups is 1. The van der Waals surface area contributed by atoms with Gasteiger partial charge in [0.1, 0.15) is 11.3 Å². The highest BCUT2D eigenvalue weighted by Crippen LogP contribution is 2.35. The normalized spacial score (nSPS) is 20.5. The number of carbonyl (C=O) groups is 3. The maximum Gasteiger partial charge on any atom is 0.325 e. The molecule has 1 aliphatic carbocycles. The van der Waals surface area contributed by atoms with Crippen LogP contribution >= 0.6 is 0 Å². The number of nitrogens with zero attached hydrogens (tertiary/aromatic N) is 1. The highest BCUT2D eigenvalue weighted by molar-refractivity contribution is 6.07. The van der Waals surface area contributed by atoms with Crippen molar-refractivity contribution in [2.45, 2.75) is 57.0 Å². The number of hydrogen-bond donors (Lipinski definition) is 2. The summed E-state index contributed by atoms with van der Waals surface area (Å²) in [6, 6.07) is 3.05. The molecule has 2 aliphatic rings.